The Morgan fingerprint density at radius 3 is 2.63 bits per heavy atom. The molecule has 5 nitrogen and oxygen atoms in total. The van der Waals surface area contributed by atoms with Gasteiger partial charge in [-0.15, -0.1) is 0 Å². The molecule has 0 aromatic carbocycles. The summed E-state index contributed by atoms with van der Waals surface area (Å²) in [6, 6.07) is 2.18. The number of hydrogen-bond acceptors (Lipinski definition) is 3. The smallest absolute Gasteiger partial charge is 0.242 e. The van der Waals surface area contributed by atoms with Gasteiger partial charge in [0.15, 0.2) is 0 Å². The maximum Gasteiger partial charge on any atom is 0.242 e. The summed E-state index contributed by atoms with van der Waals surface area (Å²) >= 11 is 0. The van der Waals surface area contributed by atoms with Crippen LogP contribution in [0.25, 0.3) is 0 Å². The molecule has 2 fully saturated rings. The van der Waals surface area contributed by atoms with E-state index in [1.54, 1.807) is 12.3 Å². The van der Waals surface area contributed by atoms with E-state index in [0.29, 0.717) is 23.4 Å². The highest BCUT2D eigenvalue weighted by Crippen LogP contribution is 2.37. The first kappa shape index (κ1) is 13.1. The van der Waals surface area contributed by atoms with Gasteiger partial charge in [-0.1, -0.05) is 0 Å². The average molecular weight is 283 g/mol. The summed E-state index contributed by atoms with van der Waals surface area (Å²) in [6.45, 7) is 2.32. The summed E-state index contributed by atoms with van der Waals surface area (Å²) in [5.74, 6) is 0.509. The van der Waals surface area contributed by atoms with Crippen molar-refractivity contribution in [1.82, 2.24) is 9.29 Å². The van der Waals surface area contributed by atoms with Crippen LogP contribution in [0.3, 0.4) is 0 Å². The molecule has 1 unspecified atom stereocenters. The van der Waals surface area contributed by atoms with Crippen LogP contribution in [0.4, 0.5) is 0 Å². The Hall–Kier alpha value is -0.850. The van der Waals surface area contributed by atoms with Crippen LogP contribution in [-0.2, 0) is 16.6 Å². The molecule has 2 saturated carbocycles. The molecule has 0 saturated heterocycles. The van der Waals surface area contributed by atoms with Crippen LogP contribution in [0.5, 0.6) is 0 Å². The van der Waals surface area contributed by atoms with Crippen LogP contribution in [0.1, 0.15) is 44.3 Å². The van der Waals surface area contributed by atoms with Gasteiger partial charge in [0.1, 0.15) is 0 Å². The molecular formula is C13H21N3O2S. The quantitative estimate of drug-likeness (QED) is 0.827. The number of sulfonamides is 1. The van der Waals surface area contributed by atoms with Gasteiger partial charge in [-0.25, -0.2) is 13.1 Å². The van der Waals surface area contributed by atoms with E-state index in [0.717, 1.165) is 31.4 Å². The highest BCUT2D eigenvalue weighted by atomic mass is 32.2. The van der Waals surface area contributed by atoms with E-state index in [9.17, 15) is 8.42 Å². The molecule has 106 valence electrons. The maximum atomic E-state index is 12.3. The second-order valence-corrected chi connectivity index (χ2v) is 7.47. The standard InChI is InChI=1S/C13H21N3O2S/c1-9(10-2-3-10)15-19(17,18)13-6-12(7-14)16(8-13)11-4-5-11/h6,8-11,15H,2-5,7,14H2,1H3. The zero-order chi connectivity index (χ0) is 13.6. The van der Waals surface area contributed by atoms with E-state index < -0.39 is 10.0 Å². The number of aromatic nitrogens is 1. The Kier molecular flexibility index (Phi) is 3.19. The second kappa shape index (κ2) is 4.61. The summed E-state index contributed by atoms with van der Waals surface area (Å²) in [7, 11) is -3.41. The van der Waals surface area contributed by atoms with Crippen LogP contribution in [-0.4, -0.2) is 19.0 Å². The molecule has 0 radical (unpaired) electrons. The lowest BCUT2D eigenvalue weighted by atomic mass is 10.2. The van der Waals surface area contributed by atoms with Gasteiger partial charge in [0.2, 0.25) is 10.0 Å². The fourth-order valence-corrected chi connectivity index (χ4v) is 3.87. The zero-order valence-electron chi connectivity index (χ0n) is 11.2. The van der Waals surface area contributed by atoms with Crippen LogP contribution >= 0.6 is 0 Å². The van der Waals surface area contributed by atoms with Crippen LogP contribution in [0, 0.1) is 5.92 Å². The monoisotopic (exact) mass is 283 g/mol. The fraction of sp³-hybridized carbons (Fsp3) is 0.692. The van der Waals surface area contributed by atoms with Gasteiger partial charge in [-0.05, 0) is 44.6 Å². The van der Waals surface area contributed by atoms with Crippen molar-refractivity contribution in [3.63, 3.8) is 0 Å². The Labute approximate surface area is 114 Å². The molecule has 0 amide bonds. The second-order valence-electron chi connectivity index (χ2n) is 5.76. The van der Waals surface area contributed by atoms with Crippen LogP contribution in [0.2, 0.25) is 0 Å². The number of nitrogens with zero attached hydrogens (tertiary/aromatic N) is 1. The van der Waals surface area contributed by atoms with Gasteiger partial charge in [0.25, 0.3) is 0 Å². The molecule has 6 heteroatoms. The molecule has 2 aliphatic rings. The van der Waals surface area contributed by atoms with Gasteiger partial charge >= 0.3 is 0 Å². The van der Waals surface area contributed by atoms with Gasteiger partial charge < -0.3 is 10.3 Å². The molecule has 0 aliphatic heterocycles. The minimum atomic E-state index is -3.41. The molecule has 1 atom stereocenters. The maximum absolute atomic E-state index is 12.3. The van der Waals surface area contributed by atoms with Gasteiger partial charge in [0, 0.05) is 30.5 Å². The summed E-state index contributed by atoms with van der Waals surface area (Å²) in [5.41, 5.74) is 6.60. The third kappa shape index (κ3) is 2.70. The molecule has 1 aromatic heterocycles. The molecule has 3 N–H and O–H groups in total. The minimum absolute atomic E-state index is 0.0237. The molecule has 1 heterocycles. The Morgan fingerprint density at radius 2 is 2.11 bits per heavy atom. The summed E-state index contributed by atoms with van der Waals surface area (Å²) < 4.78 is 29.5. The van der Waals surface area contributed by atoms with Crippen molar-refractivity contribution >= 4 is 10.0 Å². The molecule has 3 rings (SSSR count). The highest BCUT2D eigenvalue weighted by molar-refractivity contribution is 7.89. The first-order valence-corrected chi connectivity index (χ1v) is 8.42. The first-order valence-electron chi connectivity index (χ1n) is 6.94. The highest BCUT2D eigenvalue weighted by Gasteiger charge is 2.32. The number of hydrogen-bond donors (Lipinski definition) is 2. The molecule has 1 aromatic rings. The average Bonchev–Trinajstić information content (AvgIpc) is 3.24. The molecule has 2 aliphatic carbocycles. The minimum Gasteiger partial charge on any atom is -0.346 e. The van der Waals surface area contributed by atoms with Gasteiger partial charge in [0.05, 0.1) is 4.90 Å². The van der Waals surface area contributed by atoms with Gasteiger partial charge in [-0.3, -0.25) is 0 Å². The predicted octanol–water partition coefficient (Wildman–Crippen LogP) is 1.36. The zero-order valence-corrected chi connectivity index (χ0v) is 12.0. The van der Waals surface area contributed by atoms with Crippen molar-refractivity contribution in [2.24, 2.45) is 11.7 Å². The van der Waals surface area contributed by atoms with E-state index in [4.69, 9.17) is 5.73 Å². The Balaban J connectivity index is 1.83. The van der Waals surface area contributed by atoms with Crippen molar-refractivity contribution in [2.75, 3.05) is 0 Å². The lowest BCUT2D eigenvalue weighted by Crippen LogP contribution is -2.33. The van der Waals surface area contributed by atoms with E-state index in [1.165, 1.54) is 0 Å². The Morgan fingerprint density at radius 1 is 1.42 bits per heavy atom. The summed E-state index contributed by atoms with van der Waals surface area (Å²) in [4.78, 5) is 0.354. The first-order chi connectivity index (χ1) is 9.01. The van der Waals surface area contributed by atoms with Crippen molar-refractivity contribution in [3.8, 4) is 0 Å². The van der Waals surface area contributed by atoms with Crippen LogP contribution < -0.4 is 10.5 Å². The topological polar surface area (TPSA) is 77.1 Å². The van der Waals surface area contributed by atoms with E-state index >= 15 is 0 Å². The molecule has 0 bridgehead atoms. The van der Waals surface area contributed by atoms with Crippen molar-refractivity contribution in [3.05, 3.63) is 18.0 Å². The van der Waals surface area contributed by atoms with Crippen molar-refractivity contribution in [2.45, 2.75) is 56.1 Å². The number of rotatable bonds is 6. The van der Waals surface area contributed by atoms with Crippen LogP contribution in [0.15, 0.2) is 17.2 Å². The van der Waals surface area contributed by atoms with E-state index in [2.05, 4.69) is 4.72 Å². The largest absolute Gasteiger partial charge is 0.346 e. The third-order valence-electron chi connectivity index (χ3n) is 4.04. The normalized spacial score (nSPS) is 21.6. The van der Waals surface area contributed by atoms with Gasteiger partial charge in [-0.2, -0.15) is 0 Å². The fourth-order valence-electron chi connectivity index (χ4n) is 2.51. The third-order valence-corrected chi connectivity index (χ3v) is 5.56. The predicted molar refractivity (Wildman–Crippen MR) is 73.1 cm³/mol. The van der Waals surface area contributed by atoms with Crippen molar-refractivity contribution in [1.29, 1.82) is 0 Å². The Bertz CT molecular complexity index is 571. The lowest BCUT2D eigenvalue weighted by molar-refractivity contribution is 0.538. The van der Waals surface area contributed by atoms with E-state index in [1.807, 2.05) is 11.5 Å². The lowest BCUT2D eigenvalue weighted by Gasteiger charge is -2.12. The molecule has 0 spiro atoms. The molecular weight excluding hydrogens is 262 g/mol. The molecule has 19 heavy (non-hydrogen) atoms. The summed E-state index contributed by atoms with van der Waals surface area (Å²) in [5, 5.41) is 0. The van der Waals surface area contributed by atoms with Crippen molar-refractivity contribution < 1.29 is 8.42 Å². The summed E-state index contributed by atoms with van der Waals surface area (Å²) in [6.07, 6.45) is 6.23. The van der Waals surface area contributed by atoms with E-state index in [-0.39, 0.29) is 6.04 Å². The SMILES string of the molecule is CC(NS(=O)(=O)c1cc(CN)n(C2CC2)c1)C1CC1. The number of nitrogens with two attached hydrogens (primary N) is 1. The number of nitrogens with one attached hydrogen (secondary N) is 1.